The van der Waals surface area contributed by atoms with Crippen molar-refractivity contribution in [2.45, 2.75) is 69.7 Å². The zero-order valence-electron chi connectivity index (χ0n) is 16.3. The number of aromatic nitrogens is 2. The average molecular weight is 422 g/mol. The first-order chi connectivity index (χ1) is 13.7. The Morgan fingerprint density at radius 2 is 2.21 bits per heavy atom. The average Bonchev–Trinajstić information content (AvgIpc) is 3.34. The number of amides is 1. The molecule has 1 fully saturated rings. The molecule has 2 aromatic heterocycles. The van der Waals surface area contributed by atoms with E-state index in [1.54, 1.807) is 15.9 Å². The molecule has 1 atom stereocenters. The fourth-order valence-electron chi connectivity index (χ4n) is 3.93. The Balaban J connectivity index is 1.68. The van der Waals surface area contributed by atoms with E-state index in [9.17, 15) is 9.59 Å². The van der Waals surface area contributed by atoms with Crippen LogP contribution < -0.4 is 10.9 Å². The number of thiophene rings is 1. The van der Waals surface area contributed by atoms with Crippen LogP contribution in [0.2, 0.25) is 0 Å². The molecule has 0 radical (unpaired) electrons. The van der Waals surface area contributed by atoms with E-state index in [0.29, 0.717) is 18.2 Å². The smallest absolute Gasteiger partial charge is 0.263 e. The Morgan fingerprint density at radius 1 is 1.36 bits per heavy atom. The van der Waals surface area contributed by atoms with Crippen LogP contribution >= 0.6 is 23.1 Å². The number of nitrogens with zero attached hydrogens (tertiary/aromatic N) is 2. The van der Waals surface area contributed by atoms with Crippen LogP contribution in [0.3, 0.4) is 0 Å². The Bertz CT molecular complexity index is 916. The summed E-state index contributed by atoms with van der Waals surface area (Å²) in [6.45, 7) is 3.98. The molecular formula is C20H27N3O3S2. The van der Waals surface area contributed by atoms with Crippen LogP contribution in [0.15, 0.2) is 9.95 Å². The summed E-state index contributed by atoms with van der Waals surface area (Å²) in [5, 5.41) is 4.33. The molecule has 1 amide bonds. The molecular weight excluding hydrogens is 394 g/mol. The number of rotatable bonds is 7. The van der Waals surface area contributed by atoms with E-state index in [1.807, 2.05) is 6.92 Å². The third-order valence-corrected chi connectivity index (χ3v) is 7.52. The van der Waals surface area contributed by atoms with Crippen LogP contribution in [-0.4, -0.2) is 40.5 Å². The van der Waals surface area contributed by atoms with Crippen LogP contribution in [0.5, 0.6) is 0 Å². The normalized spacial score (nSPS) is 19.1. The van der Waals surface area contributed by atoms with Crippen molar-refractivity contribution in [3.63, 3.8) is 0 Å². The van der Waals surface area contributed by atoms with Gasteiger partial charge >= 0.3 is 0 Å². The lowest BCUT2D eigenvalue weighted by Crippen LogP contribution is -2.30. The fraction of sp³-hybridized carbons (Fsp3) is 0.650. The van der Waals surface area contributed by atoms with Gasteiger partial charge in [-0.2, -0.15) is 0 Å². The van der Waals surface area contributed by atoms with Crippen LogP contribution in [0.25, 0.3) is 10.2 Å². The summed E-state index contributed by atoms with van der Waals surface area (Å²) in [5.74, 6) is 0.254. The van der Waals surface area contributed by atoms with E-state index in [2.05, 4.69) is 5.32 Å². The molecule has 1 unspecified atom stereocenters. The maximum Gasteiger partial charge on any atom is 0.263 e. The summed E-state index contributed by atoms with van der Waals surface area (Å²) in [4.78, 5) is 32.5. The number of nitrogens with one attached hydrogen (secondary N) is 1. The zero-order valence-corrected chi connectivity index (χ0v) is 17.9. The number of carbonyl (C=O) groups excluding carboxylic acids is 1. The molecule has 8 heteroatoms. The van der Waals surface area contributed by atoms with Gasteiger partial charge in [0.05, 0.1) is 23.8 Å². The molecule has 1 N–H and O–H groups in total. The van der Waals surface area contributed by atoms with Crippen molar-refractivity contribution < 1.29 is 9.53 Å². The Labute approximate surface area is 173 Å². The van der Waals surface area contributed by atoms with Gasteiger partial charge in [-0.15, -0.1) is 11.3 Å². The van der Waals surface area contributed by atoms with Crippen LogP contribution in [0.4, 0.5) is 0 Å². The largest absolute Gasteiger partial charge is 0.376 e. The molecule has 1 aliphatic heterocycles. The van der Waals surface area contributed by atoms with Gasteiger partial charge in [-0.05, 0) is 50.5 Å². The number of thioether (sulfide) groups is 1. The first kappa shape index (κ1) is 19.9. The van der Waals surface area contributed by atoms with Crippen molar-refractivity contribution in [3.8, 4) is 0 Å². The SMILES string of the molecule is CCCNC(=O)CSc1nc2sc3c(c2c(=O)n1CC1CCCO1)CCCC3. The molecule has 0 saturated carbocycles. The molecule has 0 bridgehead atoms. The van der Waals surface area contributed by atoms with Gasteiger partial charge < -0.3 is 10.1 Å². The van der Waals surface area contributed by atoms with Crippen molar-refractivity contribution in [1.29, 1.82) is 0 Å². The van der Waals surface area contributed by atoms with E-state index < -0.39 is 0 Å². The van der Waals surface area contributed by atoms with E-state index in [0.717, 1.165) is 55.3 Å². The lowest BCUT2D eigenvalue weighted by molar-refractivity contribution is -0.118. The highest BCUT2D eigenvalue weighted by molar-refractivity contribution is 7.99. The molecule has 4 rings (SSSR count). The lowest BCUT2D eigenvalue weighted by atomic mass is 9.97. The molecule has 1 aliphatic carbocycles. The number of carbonyl (C=O) groups is 1. The quantitative estimate of drug-likeness (QED) is 0.549. The molecule has 6 nitrogen and oxygen atoms in total. The lowest BCUT2D eigenvalue weighted by Gasteiger charge is -2.16. The van der Waals surface area contributed by atoms with Gasteiger partial charge in [0.1, 0.15) is 4.83 Å². The van der Waals surface area contributed by atoms with Crippen LogP contribution in [0.1, 0.15) is 49.5 Å². The second kappa shape index (κ2) is 8.97. The predicted octanol–water partition coefficient (Wildman–Crippen LogP) is 3.13. The predicted molar refractivity (Wildman–Crippen MR) is 114 cm³/mol. The van der Waals surface area contributed by atoms with Crippen LogP contribution in [0, 0.1) is 0 Å². The standard InChI is InChI=1S/C20H27N3O3S2/c1-2-9-21-16(24)12-27-20-22-18-17(14-7-3-4-8-15(14)28-18)19(25)23(20)11-13-6-5-10-26-13/h13H,2-12H2,1H3,(H,21,24). The van der Waals surface area contributed by atoms with Crippen LogP contribution in [-0.2, 0) is 28.9 Å². The number of hydrogen-bond acceptors (Lipinski definition) is 6. The van der Waals surface area contributed by atoms with Gasteiger partial charge in [0.25, 0.3) is 5.56 Å². The molecule has 3 heterocycles. The summed E-state index contributed by atoms with van der Waals surface area (Å²) >= 11 is 3.01. The third-order valence-electron chi connectivity index (χ3n) is 5.35. The van der Waals surface area contributed by atoms with E-state index in [-0.39, 0.29) is 23.3 Å². The van der Waals surface area contributed by atoms with E-state index >= 15 is 0 Å². The van der Waals surface area contributed by atoms with Crippen molar-refractivity contribution in [2.75, 3.05) is 18.9 Å². The summed E-state index contributed by atoms with van der Waals surface area (Å²) in [6.07, 6.45) is 7.30. The van der Waals surface area contributed by atoms with Crippen molar-refractivity contribution in [3.05, 3.63) is 20.8 Å². The van der Waals surface area contributed by atoms with E-state index in [4.69, 9.17) is 9.72 Å². The van der Waals surface area contributed by atoms with Crippen molar-refractivity contribution in [1.82, 2.24) is 14.9 Å². The minimum atomic E-state index is -0.0182. The van der Waals surface area contributed by atoms with Gasteiger partial charge in [-0.25, -0.2) is 4.98 Å². The minimum Gasteiger partial charge on any atom is -0.376 e. The highest BCUT2D eigenvalue weighted by Crippen LogP contribution is 2.34. The van der Waals surface area contributed by atoms with Gasteiger partial charge in [0.2, 0.25) is 5.91 Å². The number of hydrogen-bond donors (Lipinski definition) is 1. The number of fused-ring (bicyclic) bond motifs is 3. The molecule has 152 valence electrons. The van der Waals surface area contributed by atoms with Gasteiger partial charge in [-0.3, -0.25) is 14.2 Å². The number of ether oxygens (including phenoxy) is 1. The summed E-state index contributed by atoms with van der Waals surface area (Å²) in [6, 6.07) is 0. The molecule has 0 aromatic carbocycles. The van der Waals surface area contributed by atoms with Gasteiger partial charge in [0, 0.05) is 18.0 Å². The molecule has 28 heavy (non-hydrogen) atoms. The number of aryl methyl sites for hydroxylation is 2. The molecule has 2 aliphatic rings. The second-order valence-corrected chi connectivity index (χ2v) is 9.50. The molecule has 1 saturated heterocycles. The monoisotopic (exact) mass is 421 g/mol. The Morgan fingerprint density at radius 3 is 3.00 bits per heavy atom. The summed E-state index contributed by atoms with van der Waals surface area (Å²) in [7, 11) is 0. The molecule has 2 aromatic rings. The fourth-order valence-corrected chi connectivity index (χ4v) is 6.07. The highest BCUT2D eigenvalue weighted by Gasteiger charge is 2.25. The Kier molecular flexibility index (Phi) is 6.38. The van der Waals surface area contributed by atoms with Gasteiger partial charge in [-0.1, -0.05) is 18.7 Å². The maximum atomic E-state index is 13.4. The minimum absolute atomic E-state index is 0.0182. The first-order valence-electron chi connectivity index (χ1n) is 10.2. The molecule has 0 spiro atoms. The maximum absolute atomic E-state index is 13.4. The second-order valence-electron chi connectivity index (χ2n) is 7.47. The van der Waals surface area contributed by atoms with E-state index in [1.165, 1.54) is 28.6 Å². The zero-order chi connectivity index (χ0) is 19.5. The Hall–Kier alpha value is -1.38. The van der Waals surface area contributed by atoms with Crippen molar-refractivity contribution >= 4 is 39.2 Å². The third kappa shape index (κ3) is 4.14. The topological polar surface area (TPSA) is 73.2 Å². The first-order valence-corrected chi connectivity index (χ1v) is 12.0. The van der Waals surface area contributed by atoms with Crippen molar-refractivity contribution in [2.24, 2.45) is 0 Å². The highest BCUT2D eigenvalue weighted by atomic mass is 32.2. The summed E-state index contributed by atoms with van der Waals surface area (Å²) < 4.78 is 7.54. The summed E-state index contributed by atoms with van der Waals surface area (Å²) in [5.41, 5.74) is 1.25. The van der Waals surface area contributed by atoms with Gasteiger partial charge in [0.15, 0.2) is 5.16 Å².